The Kier molecular flexibility index (Phi) is 9.94. The van der Waals surface area contributed by atoms with Crippen molar-refractivity contribution in [2.75, 3.05) is 13.2 Å². The second-order valence-corrected chi connectivity index (χ2v) is 3.74. The van der Waals surface area contributed by atoms with E-state index in [2.05, 4.69) is 6.92 Å². The van der Waals surface area contributed by atoms with Crippen LogP contribution in [0.15, 0.2) is 0 Å². The first-order valence-corrected chi connectivity index (χ1v) is 5.56. The molecule has 0 fully saturated rings. The molecular formula is C11H24O2. The summed E-state index contributed by atoms with van der Waals surface area (Å²) in [5.41, 5.74) is 0. The molecule has 0 heterocycles. The summed E-state index contributed by atoms with van der Waals surface area (Å²) in [7, 11) is 0. The fourth-order valence-corrected chi connectivity index (χ4v) is 1.66. The van der Waals surface area contributed by atoms with Crippen LogP contribution in [-0.4, -0.2) is 23.4 Å². The van der Waals surface area contributed by atoms with E-state index in [1.54, 1.807) is 0 Å². The fourth-order valence-electron chi connectivity index (χ4n) is 1.66. The molecule has 0 aliphatic heterocycles. The second kappa shape index (κ2) is 10.0. The highest BCUT2D eigenvalue weighted by Crippen LogP contribution is 2.17. The maximum atomic E-state index is 8.78. The lowest BCUT2D eigenvalue weighted by atomic mass is 9.95. The standard InChI is InChI=1S/C11H24O2/c1-2-3-4-5-6-11(7-9-12)8-10-13/h11-13H,2-10H2,1H3. The van der Waals surface area contributed by atoms with Crippen LogP contribution in [0.25, 0.3) is 0 Å². The van der Waals surface area contributed by atoms with Crippen LogP contribution in [0.3, 0.4) is 0 Å². The van der Waals surface area contributed by atoms with E-state index < -0.39 is 0 Å². The van der Waals surface area contributed by atoms with Gasteiger partial charge < -0.3 is 10.2 Å². The largest absolute Gasteiger partial charge is 0.396 e. The van der Waals surface area contributed by atoms with E-state index in [0.29, 0.717) is 5.92 Å². The third-order valence-corrected chi connectivity index (χ3v) is 2.54. The van der Waals surface area contributed by atoms with Crippen molar-refractivity contribution in [3.05, 3.63) is 0 Å². The van der Waals surface area contributed by atoms with Crippen LogP contribution >= 0.6 is 0 Å². The molecule has 0 aromatic heterocycles. The Morgan fingerprint density at radius 2 is 1.46 bits per heavy atom. The number of hydrogen-bond donors (Lipinski definition) is 2. The van der Waals surface area contributed by atoms with Gasteiger partial charge in [-0.1, -0.05) is 39.0 Å². The second-order valence-electron chi connectivity index (χ2n) is 3.74. The van der Waals surface area contributed by atoms with Gasteiger partial charge in [0.25, 0.3) is 0 Å². The molecule has 0 aromatic rings. The van der Waals surface area contributed by atoms with Crippen LogP contribution in [0.4, 0.5) is 0 Å². The molecule has 0 spiro atoms. The van der Waals surface area contributed by atoms with Gasteiger partial charge in [0.1, 0.15) is 0 Å². The Bertz CT molecular complexity index is 88.1. The van der Waals surface area contributed by atoms with Gasteiger partial charge in [-0.05, 0) is 18.8 Å². The lowest BCUT2D eigenvalue weighted by molar-refractivity contribution is 0.208. The topological polar surface area (TPSA) is 40.5 Å². The number of aliphatic hydroxyl groups excluding tert-OH is 2. The van der Waals surface area contributed by atoms with Gasteiger partial charge in [-0.25, -0.2) is 0 Å². The van der Waals surface area contributed by atoms with E-state index in [9.17, 15) is 0 Å². The van der Waals surface area contributed by atoms with E-state index in [4.69, 9.17) is 10.2 Å². The number of unbranched alkanes of at least 4 members (excludes halogenated alkanes) is 3. The molecule has 0 rings (SSSR count). The van der Waals surface area contributed by atoms with Crippen LogP contribution in [0, 0.1) is 5.92 Å². The van der Waals surface area contributed by atoms with Gasteiger partial charge >= 0.3 is 0 Å². The first kappa shape index (κ1) is 12.9. The average Bonchev–Trinajstić information content (AvgIpc) is 2.13. The maximum Gasteiger partial charge on any atom is 0.0433 e. The minimum absolute atomic E-state index is 0.262. The highest BCUT2D eigenvalue weighted by atomic mass is 16.3. The highest BCUT2D eigenvalue weighted by molar-refractivity contribution is 4.58. The Morgan fingerprint density at radius 1 is 0.846 bits per heavy atom. The summed E-state index contributed by atoms with van der Waals surface area (Å²) in [6.07, 6.45) is 8.00. The Balaban J connectivity index is 3.33. The van der Waals surface area contributed by atoms with Crippen molar-refractivity contribution in [1.29, 1.82) is 0 Å². The van der Waals surface area contributed by atoms with Crippen LogP contribution in [0.2, 0.25) is 0 Å². The summed E-state index contributed by atoms with van der Waals surface area (Å²) in [6, 6.07) is 0. The molecule has 0 aromatic carbocycles. The molecule has 0 atom stereocenters. The molecular weight excluding hydrogens is 164 g/mol. The maximum absolute atomic E-state index is 8.78. The van der Waals surface area contributed by atoms with Gasteiger partial charge in [-0.15, -0.1) is 0 Å². The van der Waals surface area contributed by atoms with Crippen molar-refractivity contribution >= 4 is 0 Å². The Hall–Kier alpha value is -0.0800. The van der Waals surface area contributed by atoms with Crippen LogP contribution in [0.1, 0.15) is 51.9 Å². The SMILES string of the molecule is CCCCCCC(CCO)CCO. The van der Waals surface area contributed by atoms with E-state index in [0.717, 1.165) is 12.8 Å². The van der Waals surface area contributed by atoms with Gasteiger partial charge in [0.2, 0.25) is 0 Å². The van der Waals surface area contributed by atoms with Crippen molar-refractivity contribution in [2.24, 2.45) is 5.92 Å². The lowest BCUT2D eigenvalue weighted by Gasteiger charge is -2.13. The van der Waals surface area contributed by atoms with E-state index in [-0.39, 0.29) is 13.2 Å². The summed E-state index contributed by atoms with van der Waals surface area (Å²) in [6.45, 7) is 2.73. The van der Waals surface area contributed by atoms with E-state index >= 15 is 0 Å². The van der Waals surface area contributed by atoms with Crippen molar-refractivity contribution in [1.82, 2.24) is 0 Å². The molecule has 0 amide bonds. The third kappa shape index (κ3) is 8.26. The van der Waals surface area contributed by atoms with Crippen molar-refractivity contribution in [2.45, 2.75) is 51.9 Å². The van der Waals surface area contributed by atoms with Crippen LogP contribution < -0.4 is 0 Å². The number of hydrogen-bond acceptors (Lipinski definition) is 2. The molecule has 80 valence electrons. The van der Waals surface area contributed by atoms with Gasteiger partial charge in [-0.3, -0.25) is 0 Å². The Morgan fingerprint density at radius 3 is 1.92 bits per heavy atom. The number of aliphatic hydroxyl groups is 2. The van der Waals surface area contributed by atoms with Crippen LogP contribution in [0.5, 0.6) is 0 Å². The molecule has 2 heteroatoms. The van der Waals surface area contributed by atoms with Gasteiger partial charge in [0, 0.05) is 13.2 Å². The average molecular weight is 188 g/mol. The Labute approximate surface area is 82.0 Å². The summed E-state index contributed by atoms with van der Waals surface area (Å²) in [4.78, 5) is 0. The first-order valence-electron chi connectivity index (χ1n) is 5.56. The quantitative estimate of drug-likeness (QED) is 0.545. The van der Waals surface area contributed by atoms with Crippen molar-refractivity contribution in [3.8, 4) is 0 Å². The number of rotatable bonds is 9. The van der Waals surface area contributed by atoms with Crippen LogP contribution in [-0.2, 0) is 0 Å². The minimum atomic E-state index is 0.262. The molecule has 0 aliphatic carbocycles. The zero-order valence-corrected chi connectivity index (χ0v) is 8.84. The summed E-state index contributed by atoms with van der Waals surface area (Å²) >= 11 is 0. The monoisotopic (exact) mass is 188 g/mol. The molecule has 2 nitrogen and oxygen atoms in total. The molecule has 13 heavy (non-hydrogen) atoms. The predicted octanol–water partition coefficient (Wildman–Crippen LogP) is 2.34. The first-order chi connectivity index (χ1) is 6.35. The lowest BCUT2D eigenvalue weighted by Crippen LogP contribution is -2.05. The minimum Gasteiger partial charge on any atom is -0.396 e. The predicted molar refractivity (Wildman–Crippen MR) is 55.7 cm³/mol. The molecule has 0 aliphatic rings. The summed E-state index contributed by atoms with van der Waals surface area (Å²) < 4.78 is 0. The van der Waals surface area contributed by atoms with Crippen molar-refractivity contribution in [3.63, 3.8) is 0 Å². The molecule has 0 saturated carbocycles. The molecule has 0 radical (unpaired) electrons. The van der Waals surface area contributed by atoms with Gasteiger partial charge in [-0.2, -0.15) is 0 Å². The molecule has 0 unspecified atom stereocenters. The van der Waals surface area contributed by atoms with Gasteiger partial charge in [0.05, 0.1) is 0 Å². The normalized spacial score (nSPS) is 11.1. The van der Waals surface area contributed by atoms with Crippen molar-refractivity contribution < 1.29 is 10.2 Å². The molecule has 0 bridgehead atoms. The highest BCUT2D eigenvalue weighted by Gasteiger charge is 2.06. The molecule has 2 N–H and O–H groups in total. The van der Waals surface area contributed by atoms with E-state index in [1.165, 1.54) is 32.1 Å². The fraction of sp³-hybridized carbons (Fsp3) is 1.00. The zero-order chi connectivity index (χ0) is 9.94. The third-order valence-electron chi connectivity index (χ3n) is 2.54. The van der Waals surface area contributed by atoms with Gasteiger partial charge in [0.15, 0.2) is 0 Å². The molecule has 0 saturated heterocycles. The summed E-state index contributed by atoms with van der Waals surface area (Å²) in [5, 5.41) is 17.6. The van der Waals surface area contributed by atoms with E-state index in [1.807, 2.05) is 0 Å². The summed E-state index contributed by atoms with van der Waals surface area (Å²) in [5.74, 6) is 0.534. The smallest absolute Gasteiger partial charge is 0.0433 e. The zero-order valence-electron chi connectivity index (χ0n) is 8.84.